The number of hydrazine groups is 1. The molecule has 2 aromatic rings. The zero-order valence-corrected chi connectivity index (χ0v) is 8.93. The number of fused-ring (bicyclic) bond motifs is 1. The molecule has 0 saturated carbocycles. The molecule has 2 aromatic heterocycles. The Kier molecular flexibility index (Phi) is 3.20. The number of nitrogens with zero attached hydrogens (tertiary/aromatic N) is 2. The molecule has 0 amide bonds. The van der Waals surface area contributed by atoms with Crippen LogP contribution in [0.3, 0.4) is 0 Å². The monoisotopic (exact) mass is 214 g/mol. The van der Waals surface area contributed by atoms with Crippen molar-refractivity contribution in [3.8, 4) is 12.3 Å². The van der Waals surface area contributed by atoms with Crippen molar-refractivity contribution in [3.63, 3.8) is 0 Å². The molecule has 0 aromatic carbocycles. The highest BCUT2D eigenvalue weighted by atomic mass is 15.3. The van der Waals surface area contributed by atoms with E-state index in [9.17, 15) is 0 Å². The van der Waals surface area contributed by atoms with E-state index >= 15 is 0 Å². The number of rotatable bonds is 4. The summed E-state index contributed by atoms with van der Waals surface area (Å²) in [5.74, 6) is 8.16. The highest BCUT2D eigenvalue weighted by molar-refractivity contribution is 5.54. The minimum absolute atomic E-state index is 0.0518. The first-order valence-electron chi connectivity index (χ1n) is 5.18. The van der Waals surface area contributed by atoms with Crippen LogP contribution in [0.25, 0.3) is 5.52 Å². The van der Waals surface area contributed by atoms with Gasteiger partial charge in [0, 0.05) is 18.2 Å². The van der Waals surface area contributed by atoms with E-state index in [1.165, 1.54) is 0 Å². The third-order valence-electron chi connectivity index (χ3n) is 2.61. The largest absolute Gasteiger partial charge is 0.271 e. The molecule has 0 fully saturated rings. The average Bonchev–Trinajstić information content (AvgIpc) is 2.75. The van der Waals surface area contributed by atoms with E-state index in [1.54, 1.807) is 0 Å². The fraction of sp³-hybridized carbons (Fsp3) is 0.250. The Bertz CT molecular complexity index is 509. The molecule has 4 nitrogen and oxygen atoms in total. The van der Waals surface area contributed by atoms with Crippen LogP contribution in [0.15, 0.2) is 30.6 Å². The number of nitrogens with one attached hydrogen (secondary N) is 1. The Labute approximate surface area is 94.4 Å². The molecular weight excluding hydrogens is 200 g/mol. The lowest BCUT2D eigenvalue weighted by molar-refractivity contribution is 0.527. The van der Waals surface area contributed by atoms with Crippen molar-refractivity contribution in [1.82, 2.24) is 15.0 Å². The van der Waals surface area contributed by atoms with Crippen LogP contribution in [0.5, 0.6) is 0 Å². The highest BCUT2D eigenvalue weighted by Gasteiger charge is 2.13. The maximum Gasteiger partial charge on any atom is 0.0709 e. The maximum absolute atomic E-state index is 5.54. The van der Waals surface area contributed by atoms with Crippen LogP contribution in [-0.2, 0) is 0 Å². The van der Waals surface area contributed by atoms with Gasteiger partial charge in [0.1, 0.15) is 0 Å². The van der Waals surface area contributed by atoms with Gasteiger partial charge in [-0.1, -0.05) is 6.07 Å². The number of hydrogen-bond acceptors (Lipinski definition) is 3. The topological polar surface area (TPSA) is 55.3 Å². The van der Waals surface area contributed by atoms with Crippen molar-refractivity contribution in [2.24, 2.45) is 5.84 Å². The summed E-state index contributed by atoms with van der Waals surface area (Å²) < 4.78 is 1.83. The lowest BCUT2D eigenvalue weighted by atomic mass is 10.0. The zero-order valence-electron chi connectivity index (χ0n) is 8.93. The van der Waals surface area contributed by atoms with Gasteiger partial charge in [-0.25, -0.2) is 4.52 Å². The molecule has 0 spiro atoms. The summed E-state index contributed by atoms with van der Waals surface area (Å²) >= 11 is 0. The van der Waals surface area contributed by atoms with Crippen LogP contribution < -0.4 is 11.3 Å². The second-order valence-corrected chi connectivity index (χ2v) is 3.59. The second-order valence-electron chi connectivity index (χ2n) is 3.59. The van der Waals surface area contributed by atoms with Crippen molar-refractivity contribution in [2.75, 3.05) is 0 Å². The van der Waals surface area contributed by atoms with Crippen molar-refractivity contribution in [2.45, 2.75) is 18.9 Å². The summed E-state index contributed by atoms with van der Waals surface area (Å²) in [6, 6.07) is 5.99. The molecular formula is C12H14N4. The van der Waals surface area contributed by atoms with Crippen LogP contribution in [0.1, 0.15) is 24.4 Å². The Morgan fingerprint density at radius 2 is 2.44 bits per heavy atom. The van der Waals surface area contributed by atoms with E-state index in [1.807, 2.05) is 35.1 Å². The number of hydrogen-bond donors (Lipinski definition) is 2. The third-order valence-corrected chi connectivity index (χ3v) is 2.61. The third kappa shape index (κ3) is 1.91. The Hall–Kier alpha value is -1.83. The molecule has 0 aliphatic rings. The van der Waals surface area contributed by atoms with Crippen LogP contribution in [0.2, 0.25) is 0 Å². The quantitative estimate of drug-likeness (QED) is 0.457. The van der Waals surface area contributed by atoms with Gasteiger partial charge in [-0.2, -0.15) is 5.10 Å². The summed E-state index contributed by atoms with van der Waals surface area (Å²) in [5, 5.41) is 4.27. The molecule has 3 N–H and O–H groups in total. The molecule has 82 valence electrons. The zero-order chi connectivity index (χ0) is 11.4. The van der Waals surface area contributed by atoms with Gasteiger partial charge < -0.3 is 0 Å². The van der Waals surface area contributed by atoms with Gasteiger partial charge in [0.05, 0.1) is 17.8 Å². The predicted octanol–water partition coefficient (Wildman–Crippen LogP) is 1.25. The lowest BCUT2D eigenvalue weighted by Crippen LogP contribution is -2.27. The van der Waals surface area contributed by atoms with E-state index in [-0.39, 0.29) is 6.04 Å². The number of aromatic nitrogens is 2. The van der Waals surface area contributed by atoms with Crippen molar-refractivity contribution >= 4 is 5.52 Å². The molecule has 0 bridgehead atoms. The molecule has 16 heavy (non-hydrogen) atoms. The smallest absolute Gasteiger partial charge is 0.0709 e. The van der Waals surface area contributed by atoms with Gasteiger partial charge in [-0.15, -0.1) is 12.3 Å². The van der Waals surface area contributed by atoms with Gasteiger partial charge in [0.25, 0.3) is 0 Å². The van der Waals surface area contributed by atoms with E-state index in [0.29, 0.717) is 6.42 Å². The molecule has 0 aliphatic heterocycles. The van der Waals surface area contributed by atoms with Crippen molar-refractivity contribution in [1.29, 1.82) is 0 Å². The number of terminal acetylenes is 1. The standard InChI is InChI=1S/C12H14N4/c1-2-3-6-11(15-13)10-9-14-16-8-5-4-7-12(10)16/h1,4-5,7-9,11,15H,3,6,13H2. The summed E-state index contributed by atoms with van der Waals surface area (Å²) in [6.07, 6.45) is 10.5. The number of pyridine rings is 1. The van der Waals surface area contributed by atoms with Gasteiger partial charge in [0.15, 0.2) is 0 Å². The molecule has 2 rings (SSSR count). The normalized spacial score (nSPS) is 12.5. The molecule has 0 saturated heterocycles. The van der Waals surface area contributed by atoms with E-state index in [2.05, 4.69) is 16.4 Å². The molecule has 2 heterocycles. The summed E-state index contributed by atoms with van der Waals surface area (Å²) in [4.78, 5) is 0. The van der Waals surface area contributed by atoms with Gasteiger partial charge in [-0.05, 0) is 18.6 Å². The van der Waals surface area contributed by atoms with Gasteiger partial charge in [-0.3, -0.25) is 11.3 Å². The molecule has 0 radical (unpaired) electrons. The Morgan fingerprint density at radius 1 is 1.56 bits per heavy atom. The van der Waals surface area contributed by atoms with E-state index in [4.69, 9.17) is 12.3 Å². The average molecular weight is 214 g/mol. The second kappa shape index (κ2) is 4.79. The highest BCUT2D eigenvalue weighted by Crippen LogP contribution is 2.21. The van der Waals surface area contributed by atoms with Gasteiger partial charge in [0.2, 0.25) is 0 Å². The first-order valence-corrected chi connectivity index (χ1v) is 5.18. The first kappa shape index (κ1) is 10.7. The molecule has 4 heteroatoms. The van der Waals surface area contributed by atoms with Crippen LogP contribution in [0.4, 0.5) is 0 Å². The van der Waals surface area contributed by atoms with E-state index < -0.39 is 0 Å². The minimum Gasteiger partial charge on any atom is -0.271 e. The fourth-order valence-corrected chi connectivity index (χ4v) is 1.78. The van der Waals surface area contributed by atoms with Crippen LogP contribution >= 0.6 is 0 Å². The molecule has 0 aliphatic carbocycles. The van der Waals surface area contributed by atoms with E-state index in [0.717, 1.165) is 17.5 Å². The minimum atomic E-state index is 0.0518. The van der Waals surface area contributed by atoms with Gasteiger partial charge >= 0.3 is 0 Å². The summed E-state index contributed by atoms with van der Waals surface area (Å²) in [6.45, 7) is 0. The summed E-state index contributed by atoms with van der Waals surface area (Å²) in [5.41, 5.74) is 4.92. The van der Waals surface area contributed by atoms with Crippen LogP contribution in [0, 0.1) is 12.3 Å². The summed E-state index contributed by atoms with van der Waals surface area (Å²) in [7, 11) is 0. The fourth-order valence-electron chi connectivity index (χ4n) is 1.78. The van der Waals surface area contributed by atoms with Crippen molar-refractivity contribution < 1.29 is 0 Å². The maximum atomic E-state index is 5.54. The SMILES string of the molecule is C#CCCC(NN)c1cnn2ccccc12. The lowest BCUT2D eigenvalue weighted by Gasteiger charge is -2.12. The number of nitrogens with two attached hydrogens (primary N) is 1. The predicted molar refractivity (Wildman–Crippen MR) is 63.3 cm³/mol. The Morgan fingerprint density at radius 3 is 3.19 bits per heavy atom. The molecule has 1 atom stereocenters. The molecule has 1 unspecified atom stereocenters. The Balaban J connectivity index is 2.34. The van der Waals surface area contributed by atoms with Crippen molar-refractivity contribution in [3.05, 3.63) is 36.2 Å². The van der Waals surface area contributed by atoms with Crippen LogP contribution in [-0.4, -0.2) is 9.61 Å². The first-order chi connectivity index (χ1) is 7.86.